The van der Waals surface area contributed by atoms with E-state index in [9.17, 15) is 4.79 Å². The van der Waals surface area contributed by atoms with Crippen molar-refractivity contribution in [1.29, 1.82) is 0 Å². The van der Waals surface area contributed by atoms with Crippen molar-refractivity contribution in [1.82, 2.24) is 20.8 Å². The predicted molar refractivity (Wildman–Crippen MR) is 89.6 cm³/mol. The van der Waals surface area contributed by atoms with Gasteiger partial charge in [-0.1, -0.05) is 29.8 Å². The Labute approximate surface area is 140 Å². The van der Waals surface area contributed by atoms with Crippen molar-refractivity contribution in [3.63, 3.8) is 0 Å². The standard InChI is InChI=1S/C15H17ClN4O.ClH/c16-13-6-2-1-5-11(13)14-12(9-18-20-14)15(21)19-10-4-3-7-17-8-10;/h1-2,5-6,9-10,17H,3-4,7-8H2,(H,18,20)(H,19,21);1H/t10-;/m0./s1. The SMILES string of the molecule is Cl.O=C(N[C@H]1CCCNC1)c1cn[nH]c1-c1ccccc1Cl. The Bertz CT molecular complexity index is 638. The van der Waals surface area contributed by atoms with Gasteiger partial charge in [0.1, 0.15) is 0 Å². The molecule has 5 nitrogen and oxygen atoms in total. The Hall–Kier alpha value is -1.56. The van der Waals surface area contributed by atoms with Gasteiger partial charge in [-0.3, -0.25) is 9.89 Å². The average Bonchev–Trinajstić information content (AvgIpc) is 2.98. The highest BCUT2D eigenvalue weighted by atomic mass is 35.5. The number of H-pyrrole nitrogens is 1. The number of hydrogen-bond acceptors (Lipinski definition) is 3. The van der Waals surface area contributed by atoms with Gasteiger partial charge >= 0.3 is 0 Å². The topological polar surface area (TPSA) is 69.8 Å². The second-order valence-electron chi connectivity index (χ2n) is 5.16. The van der Waals surface area contributed by atoms with Crippen molar-refractivity contribution < 1.29 is 4.79 Å². The summed E-state index contributed by atoms with van der Waals surface area (Å²) in [6.07, 6.45) is 3.62. The number of piperidine rings is 1. The Morgan fingerprint density at radius 1 is 1.36 bits per heavy atom. The van der Waals surface area contributed by atoms with Gasteiger partial charge in [0.2, 0.25) is 0 Å². The van der Waals surface area contributed by atoms with Crippen LogP contribution in [0.2, 0.25) is 5.02 Å². The molecule has 1 aromatic carbocycles. The first-order valence-corrected chi connectivity index (χ1v) is 7.43. The van der Waals surface area contributed by atoms with Gasteiger partial charge in [-0.2, -0.15) is 5.10 Å². The van der Waals surface area contributed by atoms with Crippen molar-refractivity contribution in [2.24, 2.45) is 0 Å². The monoisotopic (exact) mass is 340 g/mol. The molecule has 1 atom stereocenters. The normalized spacial score (nSPS) is 17.6. The summed E-state index contributed by atoms with van der Waals surface area (Å²) in [6, 6.07) is 7.57. The predicted octanol–water partition coefficient (Wildman–Crippen LogP) is 2.63. The molecule has 22 heavy (non-hydrogen) atoms. The van der Waals surface area contributed by atoms with Crippen LogP contribution in [-0.4, -0.2) is 35.2 Å². The summed E-state index contributed by atoms with van der Waals surface area (Å²) < 4.78 is 0. The molecule has 1 aliphatic heterocycles. The molecule has 118 valence electrons. The highest BCUT2D eigenvalue weighted by Gasteiger charge is 2.21. The van der Waals surface area contributed by atoms with Crippen molar-refractivity contribution in [2.75, 3.05) is 13.1 Å². The molecule has 0 radical (unpaired) electrons. The molecule has 0 spiro atoms. The third-order valence-electron chi connectivity index (χ3n) is 3.66. The van der Waals surface area contributed by atoms with Crippen LogP contribution in [0.15, 0.2) is 30.5 Å². The summed E-state index contributed by atoms with van der Waals surface area (Å²) in [6.45, 7) is 1.83. The minimum atomic E-state index is -0.118. The molecule has 3 rings (SSSR count). The van der Waals surface area contributed by atoms with Crippen LogP contribution >= 0.6 is 24.0 Å². The maximum atomic E-state index is 12.4. The first-order valence-electron chi connectivity index (χ1n) is 7.05. The third-order valence-corrected chi connectivity index (χ3v) is 3.99. The number of aromatic nitrogens is 2. The maximum Gasteiger partial charge on any atom is 0.255 e. The molecule has 2 heterocycles. The zero-order valence-corrected chi connectivity index (χ0v) is 13.5. The van der Waals surface area contributed by atoms with Crippen LogP contribution in [0.1, 0.15) is 23.2 Å². The van der Waals surface area contributed by atoms with Crippen molar-refractivity contribution in [3.05, 3.63) is 41.0 Å². The average molecular weight is 341 g/mol. The van der Waals surface area contributed by atoms with E-state index in [2.05, 4.69) is 20.8 Å². The van der Waals surface area contributed by atoms with Crippen molar-refractivity contribution >= 4 is 29.9 Å². The first kappa shape index (κ1) is 16.8. The van der Waals surface area contributed by atoms with Gasteiger partial charge in [-0.25, -0.2) is 0 Å². The van der Waals surface area contributed by atoms with Gasteiger partial charge in [0, 0.05) is 23.2 Å². The molecule has 3 N–H and O–H groups in total. The van der Waals surface area contributed by atoms with Crippen LogP contribution in [0, 0.1) is 0 Å². The molecule has 1 aromatic heterocycles. The van der Waals surface area contributed by atoms with Crippen molar-refractivity contribution in [2.45, 2.75) is 18.9 Å². The van der Waals surface area contributed by atoms with Crippen LogP contribution < -0.4 is 10.6 Å². The second kappa shape index (κ2) is 7.63. The number of halogens is 2. The number of nitrogens with one attached hydrogen (secondary N) is 3. The molecule has 0 unspecified atom stereocenters. The van der Waals surface area contributed by atoms with Gasteiger partial charge < -0.3 is 10.6 Å². The Balaban J connectivity index is 0.00000176. The highest BCUT2D eigenvalue weighted by molar-refractivity contribution is 6.33. The Morgan fingerprint density at radius 3 is 2.91 bits per heavy atom. The lowest BCUT2D eigenvalue weighted by Gasteiger charge is -2.23. The van der Waals surface area contributed by atoms with E-state index in [0.717, 1.165) is 31.5 Å². The van der Waals surface area contributed by atoms with Crippen LogP contribution in [0.25, 0.3) is 11.3 Å². The third kappa shape index (κ3) is 3.61. The fourth-order valence-electron chi connectivity index (χ4n) is 2.57. The molecule has 0 aliphatic carbocycles. The van der Waals surface area contributed by atoms with Crippen molar-refractivity contribution in [3.8, 4) is 11.3 Å². The van der Waals surface area contributed by atoms with E-state index in [1.165, 1.54) is 0 Å². The molecular formula is C15H18Cl2N4O. The molecule has 0 saturated carbocycles. The molecule has 2 aromatic rings. The van der Waals surface area contributed by atoms with Gasteiger partial charge in [-0.15, -0.1) is 12.4 Å². The number of benzene rings is 1. The Morgan fingerprint density at radius 2 is 2.18 bits per heavy atom. The lowest BCUT2D eigenvalue weighted by Crippen LogP contribution is -2.45. The Kier molecular flexibility index (Phi) is 5.83. The lowest BCUT2D eigenvalue weighted by atomic mass is 10.1. The highest BCUT2D eigenvalue weighted by Crippen LogP contribution is 2.28. The zero-order valence-electron chi connectivity index (χ0n) is 11.9. The summed E-state index contributed by atoms with van der Waals surface area (Å²) in [7, 11) is 0. The molecule has 1 fully saturated rings. The maximum absolute atomic E-state index is 12.4. The van der Waals surface area contributed by atoms with E-state index in [1.54, 1.807) is 12.3 Å². The number of hydrogen-bond donors (Lipinski definition) is 3. The second-order valence-corrected chi connectivity index (χ2v) is 5.56. The van der Waals surface area contributed by atoms with Crippen LogP contribution in [0.3, 0.4) is 0 Å². The quantitative estimate of drug-likeness (QED) is 0.804. The van der Waals surface area contributed by atoms with E-state index < -0.39 is 0 Å². The molecule has 1 amide bonds. The molecule has 1 aliphatic rings. The molecule has 0 bridgehead atoms. The summed E-state index contributed by atoms with van der Waals surface area (Å²) in [5.74, 6) is -0.118. The summed E-state index contributed by atoms with van der Waals surface area (Å²) >= 11 is 6.19. The molecular weight excluding hydrogens is 323 g/mol. The molecule has 7 heteroatoms. The fourth-order valence-corrected chi connectivity index (χ4v) is 2.80. The van der Waals surface area contributed by atoms with E-state index in [0.29, 0.717) is 16.3 Å². The minimum absolute atomic E-state index is 0. The van der Waals surface area contributed by atoms with Gasteiger partial charge in [0.25, 0.3) is 5.91 Å². The first-order chi connectivity index (χ1) is 10.3. The van der Waals surface area contributed by atoms with E-state index in [-0.39, 0.29) is 24.4 Å². The zero-order chi connectivity index (χ0) is 14.7. The lowest BCUT2D eigenvalue weighted by molar-refractivity contribution is 0.0931. The van der Waals surface area contributed by atoms with Gasteiger partial charge in [0.05, 0.1) is 17.5 Å². The minimum Gasteiger partial charge on any atom is -0.348 e. The summed E-state index contributed by atoms with van der Waals surface area (Å²) in [5.41, 5.74) is 1.96. The number of rotatable bonds is 3. The van der Waals surface area contributed by atoms with E-state index in [4.69, 9.17) is 11.6 Å². The number of carbonyl (C=O) groups excluding carboxylic acids is 1. The summed E-state index contributed by atoms with van der Waals surface area (Å²) in [4.78, 5) is 12.4. The fraction of sp³-hybridized carbons (Fsp3) is 0.333. The van der Waals surface area contributed by atoms with E-state index in [1.807, 2.05) is 18.2 Å². The smallest absolute Gasteiger partial charge is 0.255 e. The number of amides is 1. The van der Waals surface area contributed by atoms with Gasteiger partial charge in [-0.05, 0) is 25.5 Å². The van der Waals surface area contributed by atoms with E-state index >= 15 is 0 Å². The van der Waals surface area contributed by atoms with Crippen LogP contribution in [-0.2, 0) is 0 Å². The van der Waals surface area contributed by atoms with Crippen LogP contribution in [0.4, 0.5) is 0 Å². The number of nitrogens with zero attached hydrogens (tertiary/aromatic N) is 1. The number of carbonyl (C=O) groups is 1. The molecule has 1 saturated heterocycles. The summed E-state index contributed by atoms with van der Waals surface area (Å²) in [5, 5.41) is 13.8. The van der Waals surface area contributed by atoms with Gasteiger partial charge in [0.15, 0.2) is 0 Å². The number of aromatic amines is 1. The largest absolute Gasteiger partial charge is 0.348 e. The van der Waals surface area contributed by atoms with Crippen LogP contribution in [0.5, 0.6) is 0 Å².